The number of rotatable bonds is 2. The van der Waals surface area contributed by atoms with Gasteiger partial charge < -0.3 is 14.7 Å². The van der Waals surface area contributed by atoms with Crippen molar-refractivity contribution in [3.8, 4) is 22.8 Å². The Labute approximate surface area is 166 Å². The van der Waals surface area contributed by atoms with Crippen LogP contribution in [0.5, 0.6) is 11.5 Å². The monoisotopic (exact) mass is 394 g/mol. The van der Waals surface area contributed by atoms with E-state index in [1.165, 1.54) is 17.2 Å². The summed E-state index contributed by atoms with van der Waals surface area (Å²) in [6.07, 6.45) is 4.06. The summed E-state index contributed by atoms with van der Waals surface area (Å²) in [6, 6.07) is 4.75. The van der Waals surface area contributed by atoms with E-state index in [0.29, 0.717) is 22.6 Å². The zero-order valence-electron chi connectivity index (χ0n) is 16.0. The molecule has 1 N–H and O–H groups in total. The van der Waals surface area contributed by atoms with Crippen molar-refractivity contribution < 1.29 is 19.0 Å². The van der Waals surface area contributed by atoms with Gasteiger partial charge in [-0.1, -0.05) is 0 Å². The number of carbonyl (C=O) groups excluding carboxylic acids is 1. The van der Waals surface area contributed by atoms with Gasteiger partial charge in [-0.2, -0.15) is 0 Å². The van der Waals surface area contributed by atoms with Crippen molar-refractivity contribution in [3.63, 3.8) is 0 Å². The summed E-state index contributed by atoms with van der Waals surface area (Å²) in [5.74, 6) is -0.856. The first-order valence-corrected chi connectivity index (χ1v) is 9.12. The average Bonchev–Trinajstić information content (AvgIpc) is 2.92. The predicted octanol–water partition coefficient (Wildman–Crippen LogP) is 3.03. The van der Waals surface area contributed by atoms with Gasteiger partial charge in [0.1, 0.15) is 6.61 Å². The van der Waals surface area contributed by atoms with Gasteiger partial charge in [-0.05, 0) is 32.0 Å². The van der Waals surface area contributed by atoms with Gasteiger partial charge in [0.25, 0.3) is 5.91 Å². The number of halogens is 1. The first-order chi connectivity index (χ1) is 13.9. The Balaban J connectivity index is 1.73. The number of amides is 1. The van der Waals surface area contributed by atoms with E-state index in [0.717, 1.165) is 17.6 Å². The number of aromatic hydroxyl groups is 1. The standard InChI is InChI=1S/C21H19FN4O3/c1-12-9-24-13(2)19(25-12)14-7-15-11-26(5-6-29-20(15)18(27)8-14)21(28)16-3-4-23-10-17(16)22/h3-4,7-10,27H,5-6,11H2,1-2H3. The molecule has 1 aliphatic rings. The Kier molecular flexibility index (Phi) is 4.84. The molecule has 0 saturated heterocycles. The third kappa shape index (κ3) is 3.61. The summed E-state index contributed by atoms with van der Waals surface area (Å²) < 4.78 is 19.7. The highest BCUT2D eigenvalue weighted by Crippen LogP contribution is 2.38. The van der Waals surface area contributed by atoms with Crippen molar-refractivity contribution in [2.24, 2.45) is 0 Å². The van der Waals surface area contributed by atoms with Crippen LogP contribution in [0.15, 0.2) is 36.8 Å². The van der Waals surface area contributed by atoms with Gasteiger partial charge in [0, 0.05) is 30.1 Å². The minimum Gasteiger partial charge on any atom is -0.504 e. The molecule has 1 aliphatic heterocycles. The van der Waals surface area contributed by atoms with Crippen molar-refractivity contribution in [2.75, 3.05) is 13.2 Å². The Hall–Kier alpha value is -3.55. The van der Waals surface area contributed by atoms with Crippen molar-refractivity contribution in [1.29, 1.82) is 0 Å². The molecule has 3 aromatic rings. The second-order valence-corrected chi connectivity index (χ2v) is 6.86. The minimum atomic E-state index is -0.676. The van der Waals surface area contributed by atoms with E-state index >= 15 is 0 Å². The Morgan fingerprint density at radius 1 is 1.28 bits per heavy atom. The first kappa shape index (κ1) is 18.8. The molecule has 0 fully saturated rings. The number of phenolic OH excluding ortho intramolecular Hbond substituents is 1. The lowest BCUT2D eigenvalue weighted by molar-refractivity contribution is 0.0728. The lowest BCUT2D eigenvalue weighted by Gasteiger charge is -2.20. The maximum atomic E-state index is 14.0. The zero-order valence-corrected chi connectivity index (χ0v) is 16.0. The highest BCUT2D eigenvalue weighted by Gasteiger charge is 2.25. The molecule has 3 heterocycles. The number of nitrogens with zero attached hydrogens (tertiary/aromatic N) is 4. The fourth-order valence-electron chi connectivity index (χ4n) is 3.34. The molecule has 1 amide bonds. The van der Waals surface area contributed by atoms with E-state index in [4.69, 9.17) is 4.74 Å². The van der Waals surface area contributed by atoms with Crippen LogP contribution in [0, 0.1) is 19.7 Å². The van der Waals surface area contributed by atoms with Crippen LogP contribution >= 0.6 is 0 Å². The van der Waals surface area contributed by atoms with Crippen LogP contribution in [0.2, 0.25) is 0 Å². The SMILES string of the molecule is Cc1cnc(C)c(-c2cc(O)c3c(c2)CN(C(=O)c2ccncc2F)CCO3)n1. The molecule has 7 nitrogen and oxygen atoms in total. The lowest BCUT2D eigenvalue weighted by Crippen LogP contribution is -2.33. The van der Waals surface area contributed by atoms with E-state index in [-0.39, 0.29) is 31.0 Å². The highest BCUT2D eigenvalue weighted by molar-refractivity contribution is 5.94. The molecule has 29 heavy (non-hydrogen) atoms. The maximum Gasteiger partial charge on any atom is 0.257 e. The molecule has 0 bridgehead atoms. The van der Waals surface area contributed by atoms with Crippen LogP contribution in [0.4, 0.5) is 4.39 Å². The van der Waals surface area contributed by atoms with Crippen molar-refractivity contribution >= 4 is 5.91 Å². The van der Waals surface area contributed by atoms with Gasteiger partial charge in [0.2, 0.25) is 0 Å². The van der Waals surface area contributed by atoms with Crippen molar-refractivity contribution in [2.45, 2.75) is 20.4 Å². The predicted molar refractivity (Wildman–Crippen MR) is 103 cm³/mol. The third-order valence-electron chi connectivity index (χ3n) is 4.75. The highest BCUT2D eigenvalue weighted by atomic mass is 19.1. The van der Waals surface area contributed by atoms with Crippen LogP contribution in [-0.4, -0.2) is 44.0 Å². The fourth-order valence-corrected chi connectivity index (χ4v) is 3.34. The van der Waals surface area contributed by atoms with Gasteiger partial charge >= 0.3 is 0 Å². The van der Waals surface area contributed by atoms with Crippen molar-refractivity contribution in [3.05, 3.63) is 65.1 Å². The maximum absolute atomic E-state index is 14.0. The largest absolute Gasteiger partial charge is 0.504 e. The quantitative estimate of drug-likeness (QED) is 0.719. The molecule has 0 unspecified atom stereocenters. The van der Waals surface area contributed by atoms with E-state index in [1.807, 2.05) is 19.9 Å². The number of pyridine rings is 1. The molecule has 0 saturated carbocycles. The van der Waals surface area contributed by atoms with Crippen LogP contribution < -0.4 is 4.74 Å². The average molecular weight is 394 g/mol. The van der Waals surface area contributed by atoms with Gasteiger partial charge in [-0.25, -0.2) is 9.37 Å². The Morgan fingerprint density at radius 2 is 2.10 bits per heavy atom. The summed E-state index contributed by atoms with van der Waals surface area (Å²) in [6.45, 7) is 4.28. The van der Waals surface area contributed by atoms with Crippen LogP contribution in [0.1, 0.15) is 27.3 Å². The normalized spacial score (nSPS) is 13.4. The molecule has 0 radical (unpaired) electrons. The summed E-state index contributed by atoms with van der Waals surface area (Å²) in [7, 11) is 0. The Bertz CT molecular complexity index is 1100. The fraction of sp³-hybridized carbons (Fsp3) is 0.238. The van der Waals surface area contributed by atoms with Crippen molar-refractivity contribution in [1.82, 2.24) is 19.9 Å². The van der Waals surface area contributed by atoms with Crippen LogP contribution in [0.25, 0.3) is 11.3 Å². The smallest absolute Gasteiger partial charge is 0.257 e. The molecule has 4 rings (SSSR count). The molecule has 2 aromatic heterocycles. The number of aryl methyl sites for hydroxylation is 2. The molecule has 0 atom stereocenters. The molecule has 0 aliphatic carbocycles. The number of fused-ring (bicyclic) bond motifs is 1. The first-order valence-electron chi connectivity index (χ1n) is 9.12. The van der Waals surface area contributed by atoms with E-state index in [2.05, 4.69) is 15.0 Å². The number of phenols is 1. The summed E-state index contributed by atoms with van der Waals surface area (Å²) in [5.41, 5.74) is 3.35. The van der Waals surface area contributed by atoms with Crippen LogP contribution in [0.3, 0.4) is 0 Å². The number of benzene rings is 1. The summed E-state index contributed by atoms with van der Waals surface area (Å²) >= 11 is 0. The van der Waals surface area contributed by atoms with Crippen LogP contribution in [-0.2, 0) is 6.54 Å². The van der Waals surface area contributed by atoms with E-state index in [9.17, 15) is 14.3 Å². The van der Waals surface area contributed by atoms with Gasteiger partial charge in [-0.15, -0.1) is 0 Å². The number of aromatic nitrogens is 3. The van der Waals surface area contributed by atoms with E-state index in [1.54, 1.807) is 12.3 Å². The zero-order chi connectivity index (χ0) is 20.5. The third-order valence-corrected chi connectivity index (χ3v) is 4.75. The van der Waals surface area contributed by atoms with Gasteiger partial charge in [0.05, 0.1) is 35.4 Å². The number of hydrogen-bond donors (Lipinski definition) is 1. The number of carbonyl (C=O) groups is 1. The Morgan fingerprint density at radius 3 is 2.90 bits per heavy atom. The topological polar surface area (TPSA) is 88.4 Å². The number of ether oxygens (including phenoxy) is 1. The summed E-state index contributed by atoms with van der Waals surface area (Å²) in [5, 5.41) is 10.5. The minimum absolute atomic E-state index is 0.0374. The molecule has 1 aromatic carbocycles. The number of hydrogen-bond acceptors (Lipinski definition) is 6. The molecule has 148 valence electrons. The van der Waals surface area contributed by atoms with Gasteiger partial charge in [0.15, 0.2) is 17.3 Å². The second kappa shape index (κ2) is 7.46. The molecular formula is C21H19FN4O3. The second-order valence-electron chi connectivity index (χ2n) is 6.86. The molecule has 8 heteroatoms. The summed E-state index contributed by atoms with van der Waals surface area (Å²) in [4.78, 5) is 26.8. The molecular weight excluding hydrogens is 375 g/mol. The molecule has 0 spiro atoms. The van der Waals surface area contributed by atoms with Gasteiger partial charge in [-0.3, -0.25) is 14.8 Å². The van der Waals surface area contributed by atoms with E-state index < -0.39 is 11.7 Å². The lowest BCUT2D eigenvalue weighted by atomic mass is 10.0.